The summed E-state index contributed by atoms with van der Waals surface area (Å²) in [5.74, 6) is -0.192. The Bertz CT molecular complexity index is 863. The van der Waals surface area contributed by atoms with Crippen LogP contribution in [0.5, 0.6) is 0 Å². The van der Waals surface area contributed by atoms with E-state index in [1.807, 2.05) is 25.6 Å². The molecule has 8 nitrogen and oxygen atoms in total. The lowest BCUT2D eigenvalue weighted by molar-refractivity contribution is 0.0952. The molecule has 3 aromatic rings. The molecule has 0 spiro atoms. The van der Waals surface area contributed by atoms with E-state index < -0.39 is 0 Å². The van der Waals surface area contributed by atoms with Crippen LogP contribution in [-0.2, 0) is 20.1 Å². The van der Waals surface area contributed by atoms with Crippen molar-refractivity contribution < 1.29 is 4.79 Å². The molecule has 0 fully saturated rings. The summed E-state index contributed by atoms with van der Waals surface area (Å²) < 4.78 is 3.37. The largest absolute Gasteiger partial charge is 0.348 e. The second-order valence-corrected chi connectivity index (χ2v) is 5.95. The number of hydrogen-bond donors (Lipinski definition) is 1. The first-order valence-corrected chi connectivity index (χ1v) is 8.41. The standard InChI is InChI=1S/C17H23N7O/c1-4-23(5-2)11-14-7-18-16-15(9-21-24(16)12-14)17(25)19-6-13-8-20-22(3)10-13/h7-10,12H,4-6,11H2,1-3H3,(H,19,25). The lowest BCUT2D eigenvalue weighted by Gasteiger charge is -2.17. The van der Waals surface area contributed by atoms with E-state index in [2.05, 4.69) is 39.2 Å². The molecule has 0 aliphatic carbocycles. The van der Waals surface area contributed by atoms with Crippen molar-refractivity contribution in [3.8, 4) is 0 Å². The smallest absolute Gasteiger partial charge is 0.257 e. The van der Waals surface area contributed by atoms with Crippen LogP contribution in [0.1, 0.15) is 35.3 Å². The van der Waals surface area contributed by atoms with Crippen LogP contribution in [0.25, 0.3) is 5.65 Å². The molecule has 0 aliphatic rings. The maximum absolute atomic E-state index is 12.4. The van der Waals surface area contributed by atoms with Gasteiger partial charge in [-0.05, 0) is 13.1 Å². The molecule has 1 N–H and O–H groups in total. The van der Waals surface area contributed by atoms with Gasteiger partial charge in [-0.25, -0.2) is 9.50 Å². The first-order valence-electron chi connectivity index (χ1n) is 8.41. The summed E-state index contributed by atoms with van der Waals surface area (Å²) in [6.07, 6.45) is 8.90. The van der Waals surface area contributed by atoms with Gasteiger partial charge < -0.3 is 5.32 Å². The first-order chi connectivity index (χ1) is 12.1. The number of nitrogens with one attached hydrogen (secondary N) is 1. The Morgan fingerprint density at radius 3 is 2.60 bits per heavy atom. The Hall–Kier alpha value is -2.74. The maximum atomic E-state index is 12.4. The van der Waals surface area contributed by atoms with Gasteiger partial charge in [0.05, 0.1) is 12.4 Å². The van der Waals surface area contributed by atoms with Crippen LogP contribution in [-0.4, -0.2) is 48.3 Å². The highest BCUT2D eigenvalue weighted by Gasteiger charge is 2.14. The fourth-order valence-corrected chi connectivity index (χ4v) is 2.70. The molecule has 0 bridgehead atoms. The average molecular weight is 341 g/mol. The van der Waals surface area contributed by atoms with E-state index >= 15 is 0 Å². The molecule has 0 aliphatic heterocycles. The fraction of sp³-hybridized carbons (Fsp3) is 0.412. The third-order valence-electron chi connectivity index (χ3n) is 4.17. The number of aromatic nitrogens is 5. The van der Waals surface area contributed by atoms with Gasteiger partial charge in [0.15, 0.2) is 5.65 Å². The van der Waals surface area contributed by atoms with Crippen LogP contribution >= 0.6 is 0 Å². The lowest BCUT2D eigenvalue weighted by atomic mass is 10.2. The van der Waals surface area contributed by atoms with E-state index in [9.17, 15) is 4.79 Å². The average Bonchev–Trinajstić information content (AvgIpc) is 3.23. The molecule has 25 heavy (non-hydrogen) atoms. The Kier molecular flexibility index (Phi) is 5.08. The number of nitrogens with zero attached hydrogens (tertiary/aromatic N) is 6. The Morgan fingerprint density at radius 2 is 1.92 bits per heavy atom. The van der Waals surface area contributed by atoms with E-state index in [0.29, 0.717) is 17.8 Å². The van der Waals surface area contributed by atoms with Gasteiger partial charge in [0.2, 0.25) is 0 Å². The van der Waals surface area contributed by atoms with Crippen molar-refractivity contribution in [3.63, 3.8) is 0 Å². The van der Waals surface area contributed by atoms with Crippen LogP contribution in [0.15, 0.2) is 31.0 Å². The van der Waals surface area contributed by atoms with Crippen LogP contribution in [0.2, 0.25) is 0 Å². The summed E-state index contributed by atoms with van der Waals surface area (Å²) in [4.78, 5) is 19.2. The molecule has 0 aromatic carbocycles. The van der Waals surface area contributed by atoms with Gasteiger partial charge in [0.25, 0.3) is 5.91 Å². The zero-order valence-electron chi connectivity index (χ0n) is 14.8. The molecule has 0 radical (unpaired) electrons. The molecule has 0 saturated carbocycles. The number of carbonyl (C=O) groups is 1. The predicted octanol–water partition coefficient (Wildman–Crippen LogP) is 1.23. The Labute approximate surface area is 146 Å². The van der Waals surface area contributed by atoms with Gasteiger partial charge in [-0.1, -0.05) is 13.8 Å². The van der Waals surface area contributed by atoms with Gasteiger partial charge >= 0.3 is 0 Å². The van der Waals surface area contributed by atoms with Crippen molar-refractivity contribution >= 4 is 11.6 Å². The second-order valence-electron chi connectivity index (χ2n) is 5.95. The maximum Gasteiger partial charge on any atom is 0.257 e. The summed E-state index contributed by atoms with van der Waals surface area (Å²) in [7, 11) is 1.84. The zero-order valence-corrected chi connectivity index (χ0v) is 14.8. The number of amides is 1. The van der Waals surface area contributed by atoms with E-state index in [0.717, 1.165) is 30.8 Å². The van der Waals surface area contributed by atoms with E-state index in [1.54, 1.807) is 21.6 Å². The number of hydrogen-bond acceptors (Lipinski definition) is 5. The summed E-state index contributed by atoms with van der Waals surface area (Å²) in [6, 6.07) is 0. The minimum atomic E-state index is -0.192. The summed E-state index contributed by atoms with van der Waals surface area (Å²) in [5.41, 5.74) is 3.05. The van der Waals surface area contributed by atoms with Crippen LogP contribution < -0.4 is 5.32 Å². The number of fused-ring (bicyclic) bond motifs is 1. The van der Waals surface area contributed by atoms with Crippen molar-refractivity contribution in [2.45, 2.75) is 26.9 Å². The van der Waals surface area contributed by atoms with E-state index in [1.165, 1.54) is 0 Å². The molecule has 8 heteroatoms. The molecule has 0 unspecified atom stereocenters. The van der Waals surface area contributed by atoms with Crippen molar-refractivity contribution in [2.24, 2.45) is 7.05 Å². The third kappa shape index (κ3) is 3.85. The highest BCUT2D eigenvalue weighted by molar-refractivity contribution is 5.99. The van der Waals surface area contributed by atoms with Gasteiger partial charge in [-0.15, -0.1) is 0 Å². The summed E-state index contributed by atoms with van der Waals surface area (Å²) in [6.45, 7) is 7.47. The highest BCUT2D eigenvalue weighted by Crippen LogP contribution is 2.11. The molecular formula is C17H23N7O. The van der Waals surface area contributed by atoms with Crippen LogP contribution in [0.3, 0.4) is 0 Å². The van der Waals surface area contributed by atoms with Crippen LogP contribution in [0, 0.1) is 0 Å². The number of aryl methyl sites for hydroxylation is 1. The molecule has 3 heterocycles. The molecule has 0 saturated heterocycles. The van der Waals surface area contributed by atoms with Gasteiger partial charge in [0, 0.05) is 49.9 Å². The fourth-order valence-electron chi connectivity index (χ4n) is 2.70. The summed E-state index contributed by atoms with van der Waals surface area (Å²) >= 11 is 0. The molecule has 0 atom stereocenters. The van der Waals surface area contributed by atoms with Gasteiger partial charge in [-0.2, -0.15) is 10.2 Å². The minimum absolute atomic E-state index is 0.192. The number of carbonyl (C=O) groups excluding carboxylic acids is 1. The Morgan fingerprint density at radius 1 is 1.12 bits per heavy atom. The Balaban J connectivity index is 1.72. The molecular weight excluding hydrogens is 318 g/mol. The summed E-state index contributed by atoms with van der Waals surface area (Å²) in [5, 5.41) is 11.2. The van der Waals surface area contributed by atoms with E-state index in [4.69, 9.17) is 0 Å². The zero-order chi connectivity index (χ0) is 17.8. The van der Waals surface area contributed by atoms with Crippen LogP contribution in [0.4, 0.5) is 0 Å². The monoisotopic (exact) mass is 341 g/mol. The SMILES string of the molecule is CCN(CC)Cc1cnc2c(C(=O)NCc3cnn(C)c3)cnn2c1. The molecule has 1 amide bonds. The quantitative estimate of drug-likeness (QED) is 0.699. The van der Waals surface area contributed by atoms with Gasteiger partial charge in [-0.3, -0.25) is 14.4 Å². The van der Waals surface area contributed by atoms with Crippen molar-refractivity contribution in [3.05, 3.63) is 47.7 Å². The van der Waals surface area contributed by atoms with Crippen molar-refractivity contribution in [2.75, 3.05) is 13.1 Å². The minimum Gasteiger partial charge on any atom is -0.348 e. The highest BCUT2D eigenvalue weighted by atomic mass is 16.1. The lowest BCUT2D eigenvalue weighted by Crippen LogP contribution is -2.23. The number of rotatable bonds is 7. The van der Waals surface area contributed by atoms with Crippen molar-refractivity contribution in [1.29, 1.82) is 0 Å². The van der Waals surface area contributed by atoms with Crippen molar-refractivity contribution in [1.82, 2.24) is 34.6 Å². The normalized spacial score (nSPS) is 11.4. The molecule has 3 aromatic heterocycles. The third-order valence-corrected chi connectivity index (χ3v) is 4.17. The van der Waals surface area contributed by atoms with E-state index in [-0.39, 0.29) is 5.91 Å². The topological polar surface area (TPSA) is 80.3 Å². The first kappa shape index (κ1) is 17.1. The van der Waals surface area contributed by atoms with Gasteiger partial charge in [0.1, 0.15) is 5.56 Å². The molecule has 3 rings (SSSR count). The predicted molar refractivity (Wildman–Crippen MR) is 94.0 cm³/mol. The second kappa shape index (κ2) is 7.43. The molecule has 132 valence electrons.